The fourth-order valence-corrected chi connectivity index (χ4v) is 4.14. The number of hydrogen-bond acceptors (Lipinski definition) is 3. The summed E-state index contributed by atoms with van der Waals surface area (Å²) in [4.78, 5) is 37.0. The second-order valence-corrected chi connectivity index (χ2v) is 7.42. The van der Waals surface area contributed by atoms with Crippen LogP contribution in [0.5, 0.6) is 0 Å². The number of likely N-dealkylation sites (tertiary alicyclic amines) is 2. The Bertz CT molecular complexity index is 596. The van der Waals surface area contributed by atoms with Crippen molar-refractivity contribution in [3.05, 3.63) is 18.2 Å². The molecule has 1 aliphatic carbocycles. The van der Waals surface area contributed by atoms with Crippen molar-refractivity contribution in [1.82, 2.24) is 19.8 Å². The van der Waals surface area contributed by atoms with E-state index >= 15 is 0 Å². The average molecular weight is 330 g/mol. The van der Waals surface area contributed by atoms with Gasteiger partial charge in [0.2, 0.25) is 11.8 Å². The van der Waals surface area contributed by atoms with E-state index in [4.69, 9.17) is 0 Å². The smallest absolute Gasteiger partial charge is 0.228 e. The fourth-order valence-electron chi connectivity index (χ4n) is 4.14. The number of nitrogens with one attached hydrogen (secondary N) is 1. The summed E-state index contributed by atoms with van der Waals surface area (Å²) >= 11 is 0. The Hall–Kier alpha value is -1.85. The third kappa shape index (κ3) is 3.06. The molecule has 24 heavy (non-hydrogen) atoms. The van der Waals surface area contributed by atoms with Crippen LogP contribution in [-0.2, 0) is 9.59 Å². The lowest BCUT2D eigenvalue weighted by molar-refractivity contribution is -0.144. The maximum absolute atomic E-state index is 13.2. The van der Waals surface area contributed by atoms with Crippen LogP contribution in [0.2, 0.25) is 0 Å². The summed E-state index contributed by atoms with van der Waals surface area (Å²) in [5.74, 6) is 1.57. The molecule has 0 bridgehead atoms. The van der Waals surface area contributed by atoms with Crippen LogP contribution >= 0.6 is 0 Å². The lowest BCUT2D eigenvalue weighted by Gasteiger charge is -2.39. The van der Waals surface area contributed by atoms with E-state index in [2.05, 4.69) is 9.97 Å². The molecule has 3 heterocycles. The van der Waals surface area contributed by atoms with Crippen LogP contribution in [0.3, 0.4) is 0 Å². The number of hydrogen-bond donors (Lipinski definition) is 1. The highest BCUT2D eigenvalue weighted by Crippen LogP contribution is 2.34. The minimum absolute atomic E-state index is 0.0444. The summed E-state index contributed by atoms with van der Waals surface area (Å²) in [6, 6.07) is 0.0655. The first-order valence-electron chi connectivity index (χ1n) is 9.32. The van der Waals surface area contributed by atoms with Gasteiger partial charge in [0.1, 0.15) is 5.82 Å². The zero-order chi connectivity index (χ0) is 16.5. The monoisotopic (exact) mass is 330 g/mol. The molecule has 6 heteroatoms. The van der Waals surface area contributed by atoms with E-state index < -0.39 is 0 Å². The Morgan fingerprint density at radius 2 is 1.88 bits per heavy atom. The Balaban J connectivity index is 1.45. The topological polar surface area (TPSA) is 69.3 Å². The van der Waals surface area contributed by atoms with Crippen molar-refractivity contribution < 1.29 is 9.59 Å². The van der Waals surface area contributed by atoms with E-state index in [0.29, 0.717) is 6.54 Å². The highest BCUT2D eigenvalue weighted by Gasteiger charge is 2.39. The maximum atomic E-state index is 13.2. The molecule has 2 saturated heterocycles. The predicted molar refractivity (Wildman–Crippen MR) is 88.9 cm³/mol. The number of imidazole rings is 1. The number of aromatic amines is 1. The van der Waals surface area contributed by atoms with E-state index in [9.17, 15) is 9.59 Å². The van der Waals surface area contributed by atoms with Gasteiger partial charge in [0, 0.05) is 37.9 Å². The second kappa shape index (κ2) is 6.57. The van der Waals surface area contributed by atoms with E-state index in [1.165, 1.54) is 0 Å². The number of amides is 2. The molecule has 6 nitrogen and oxygen atoms in total. The molecule has 130 valence electrons. The summed E-state index contributed by atoms with van der Waals surface area (Å²) < 4.78 is 0. The lowest BCUT2D eigenvalue weighted by Crippen LogP contribution is -2.49. The number of nitrogens with zero attached hydrogens (tertiary/aromatic N) is 3. The van der Waals surface area contributed by atoms with Gasteiger partial charge < -0.3 is 14.8 Å². The van der Waals surface area contributed by atoms with Crippen molar-refractivity contribution >= 4 is 11.8 Å². The molecule has 4 rings (SSSR count). The number of piperidine rings is 2. The zero-order valence-corrected chi connectivity index (χ0v) is 14.1. The normalized spacial score (nSPS) is 28.0. The van der Waals surface area contributed by atoms with Gasteiger partial charge in [-0.2, -0.15) is 0 Å². The van der Waals surface area contributed by atoms with Gasteiger partial charge in [-0.25, -0.2) is 4.98 Å². The molecule has 0 radical (unpaired) electrons. The molecule has 0 spiro atoms. The molecule has 1 N–H and O–H groups in total. The molecular weight excluding hydrogens is 304 g/mol. The molecule has 0 aromatic carbocycles. The van der Waals surface area contributed by atoms with Crippen molar-refractivity contribution in [2.75, 3.05) is 19.6 Å². The average Bonchev–Trinajstić information content (AvgIpc) is 3.35. The molecule has 1 aromatic rings. The summed E-state index contributed by atoms with van der Waals surface area (Å²) in [5.41, 5.74) is 0. The highest BCUT2D eigenvalue weighted by molar-refractivity contribution is 5.83. The van der Waals surface area contributed by atoms with E-state index in [0.717, 1.165) is 63.9 Å². The van der Waals surface area contributed by atoms with Crippen LogP contribution in [0.4, 0.5) is 0 Å². The predicted octanol–water partition coefficient (Wildman–Crippen LogP) is 2.11. The largest absolute Gasteiger partial charge is 0.347 e. The van der Waals surface area contributed by atoms with Gasteiger partial charge in [-0.15, -0.1) is 0 Å². The van der Waals surface area contributed by atoms with Crippen molar-refractivity contribution in [2.24, 2.45) is 11.8 Å². The fraction of sp³-hybridized carbons (Fsp3) is 0.722. The van der Waals surface area contributed by atoms with Gasteiger partial charge in [-0.1, -0.05) is 0 Å². The summed E-state index contributed by atoms with van der Waals surface area (Å²) in [5, 5.41) is 0. The van der Waals surface area contributed by atoms with Crippen molar-refractivity contribution in [3.8, 4) is 0 Å². The molecule has 2 atom stereocenters. The number of carbonyl (C=O) groups excluding carboxylic acids is 2. The quantitative estimate of drug-likeness (QED) is 0.923. The molecule has 3 aliphatic rings. The first kappa shape index (κ1) is 15.7. The van der Waals surface area contributed by atoms with Crippen LogP contribution in [0.1, 0.15) is 56.8 Å². The Labute approximate surface area is 142 Å². The van der Waals surface area contributed by atoms with Gasteiger partial charge in [-0.05, 0) is 44.9 Å². The summed E-state index contributed by atoms with van der Waals surface area (Å²) in [6.45, 7) is 2.23. The lowest BCUT2D eigenvalue weighted by atomic mass is 9.93. The highest BCUT2D eigenvalue weighted by atomic mass is 16.2. The van der Waals surface area contributed by atoms with E-state index in [1.807, 2.05) is 16.0 Å². The maximum Gasteiger partial charge on any atom is 0.228 e. The minimum Gasteiger partial charge on any atom is -0.347 e. The minimum atomic E-state index is -0.0444. The number of aromatic nitrogens is 2. The molecular formula is C18H26N4O2. The number of carbonyl (C=O) groups is 2. The van der Waals surface area contributed by atoms with Gasteiger partial charge in [0.25, 0.3) is 0 Å². The van der Waals surface area contributed by atoms with Gasteiger partial charge in [0.05, 0.1) is 12.0 Å². The SMILES string of the molecule is O=C(C1CC1)N1CCC[C@H](C(=O)N2CCCC[C@@H]2c2ncc[nH]2)C1. The van der Waals surface area contributed by atoms with Gasteiger partial charge in [0.15, 0.2) is 0 Å². The van der Waals surface area contributed by atoms with Crippen LogP contribution in [0.15, 0.2) is 12.4 Å². The third-order valence-electron chi connectivity index (χ3n) is 5.63. The molecule has 2 amide bonds. The van der Waals surface area contributed by atoms with Crippen LogP contribution in [0, 0.1) is 11.8 Å². The van der Waals surface area contributed by atoms with Crippen LogP contribution in [0.25, 0.3) is 0 Å². The van der Waals surface area contributed by atoms with Gasteiger partial charge >= 0.3 is 0 Å². The van der Waals surface area contributed by atoms with Crippen molar-refractivity contribution in [3.63, 3.8) is 0 Å². The Morgan fingerprint density at radius 1 is 1.00 bits per heavy atom. The Morgan fingerprint density at radius 3 is 2.62 bits per heavy atom. The van der Waals surface area contributed by atoms with Crippen LogP contribution in [-0.4, -0.2) is 51.2 Å². The second-order valence-electron chi connectivity index (χ2n) is 7.42. The molecule has 1 saturated carbocycles. The van der Waals surface area contributed by atoms with Crippen molar-refractivity contribution in [2.45, 2.75) is 51.0 Å². The standard InChI is InChI=1S/C18H26N4O2/c23-17(13-6-7-13)21-10-3-4-14(12-21)18(24)22-11-2-1-5-15(22)16-19-8-9-20-16/h8-9,13-15H,1-7,10-12H2,(H,19,20)/t14-,15+/m0/s1. The summed E-state index contributed by atoms with van der Waals surface area (Å²) in [6.07, 6.45) is 10.6. The van der Waals surface area contributed by atoms with Gasteiger partial charge in [-0.3, -0.25) is 9.59 Å². The van der Waals surface area contributed by atoms with Crippen LogP contribution < -0.4 is 0 Å². The Kier molecular flexibility index (Phi) is 4.29. The number of rotatable bonds is 3. The van der Waals surface area contributed by atoms with E-state index in [1.54, 1.807) is 6.20 Å². The molecule has 1 aromatic heterocycles. The third-order valence-corrected chi connectivity index (χ3v) is 5.63. The number of H-pyrrole nitrogens is 1. The molecule has 0 unspecified atom stereocenters. The van der Waals surface area contributed by atoms with Crippen molar-refractivity contribution in [1.29, 1.82) is 0 Å². The zero-order valence-electron chi connectivity index (χ0n) is 14.1. The molecule has 3 fully saturated rings. The first-order chi connectivity index (χ1) is 11.7. The van der Waals surface area contributed by atoms with E-state index in [-0.39, 0.29) is 29.7 Å². The first-order valence-corrected chi connectivity index (χ1v) is 9.32. The molecule has 2 aliphatic heterocycles. The summed E-state index contributed by atoms with van der Waals surface area (Å²) in [7, 11) is 0.